The van der Waals surface area contributed by atoms with Crippen LogP contribution in [0.15, 0.2) is 6.20 Å². The zero-order valence-electron chi connectivity index (χ0n) is 12.0. The van der Waals surface area contributed by atoms with Gasteiger partial charge in [-0.2, -0.15) is 5.10 Å². The number of nitrogens with two attached hydrogens (primary N) is 1. The van der Waals surface area contributed by atoms with E-state index < -0.39 is 0 Å². The van der Waals surface area contributed by atoms with Gasteiger partial charge in [-0.3, -0.25) is 9.58 Å². The molecule has 0 saturated carbocycles. The van der Waals surface area contributed by atoms with E-state index in [0.717, 1.165) is 31.8 Å². The van der Waals surface area contributed by atoms with E-state index >= 15 is 0 Å². The molecule has 0 aromatic carbocycles. The largest absolute Gasteiger partial charge is 0.373 e. The van der Waals surface area contributed by atoms with Gasteiger partial charge < -0.3 is 10.5 Å². The first-order valence-electron chi connectivity index (χ1n) is 7.53. The maximum atomic E-state index is 6.43. The Hall–Kier alpha value is -0.620. The molecule has 3 atom stereocenters. The van der Waals surface area contributed by atoms with E-state index in [4.69, 9.17) is 22.1 Å². The van der Waals surface area contributed by atoms with E-state index in [-0.39, 0.29) is 12.1 Å². The summed E-state index contributed by atoms with van der Waals surface area (Å²) in [5.41, 5.74) is 7.35. The van der Waals surface area contributed by atoms with Crippen molar-refractivity contribution >= 4 is 11.6 Å². The molecule has 3 rings (SSSR count). The first-order valence-corrected chi connectivity index (χ1v) is 7.91. The van der Waals surface area contributed by atoms with Crippen LogP contribution in [0.1, 0.15) is 37.9 Å². The second kappa shape index (κ2) is 6.02. The molecule has 5 nitrogen and oxygen atoms in total. The third-order valence-electron chi connectivity index (χ3n) is 4.40. The van der Waals surface area contributed by atoms with E-state index in [0.29, 0.717) is 11.1 Å². The predicted octanol–water partition coefficient (Wildman–Crippen LogP) is 1.81. The summed E-state index contributed by atoms with van der Waals surface area (Å²) in [5, 5.41) is 4.97. The third kappa shape index (κ3) is 2.60. The standard InChI is InChI=1S/C14H23ClN4O/c1-2-5-19-14(11(15)7-17-19)13(16)12-8-18-6-3-4-10(18)9-20-12/h7,10,12-13H,2-6,8-9,16H2,1H3. The van der Waals surface area contributed by atoms with Crippen LogP contribution in [0.4, 0.5) is 0 Å². The van der Waals surface area contributed by atoms with Crippen molar-refractivity contribution in [2.45, 2.75) is 50.9 Å². The van der Waals surface area contributed by atoms with Crippen molar-refractivity contribution in [1.29, 1.82) is 0 Å². The van der Waals surface area contributed by atoms with E-state index in [1.54, 1.807) is 6.20 Å². The van der Waals surface area contributed by atoms with Crippen LogP contribution in [-0.4, -0.2) is 46.5 Å². The lowest BCUT2D eigenvalue weighted by molar-refractivity contribution is -0.0607. The van der Waals surface area contributed by atoms with Gasteiger partial charge in [-0.1, -0.05) is 18.5 Å². The third-order valence-corrected chi connectivity index (χ3v) is 4.69. The maximum Gasteiger partial charge on any atom is 0.0910 e. The van der Waals surface area contributed by atoms with Crippen molar-refractivity contribution in [1.82, 2.24) is 14.7 Å². The van der Waals surface area contributed by atoms with E-state index in [2.05, 4.69) is 16.9 Å². The fourth-order valence-corrected chi connectivity index (χ4v) is 3.60. The minimum absolute atomic E-state index is 0.00848. The fourth-order valence-electron chi connectivity index (χ4n) is 3.33. The summed E-state index contributed by atoms with van der Waals surface area (Å²) in [7, 11) is 0. The van der Waals surface area contributed by atoms with Gasteiger partial charge in [-0.05, 0) is 25.8 Å². The minimum atomic E-state index is -0.210. The molecule has 0 aliphatic carbocycles. The summed E-state index contributed by atoms with van der Waals surface area (Å²) in [5.74, 6) is 0. The molecule has 2 aliphatic heterocycles. The van der Waals surface area contributed by atoms with Crippen molar-refractivity contribution in [2.24, 2.45) is 5.73 Å². The molecule has 2 fully saturated rings. The molecule has 3 heterocycles. The van der Waals surface area contributed by atoms with Crippen molar-refractivity contribution in [3.05, 3.63) is 16.9 Å². The lowest BCUT2D eigenvalue weighted by Gasteiger charge is -2.37. The fraction of sp³-hybridized carbons (Fsp3) is 0.786. The first-order chi connectivity index (χ1) is 9.70. The summed E-state index contributed by atoms with van der Waals surface area (Å²) in [4.78, 5) is 2.50. The van der Waals surface area contributed by atoms with Crippen LogP contribution in [-0.2, 0) is 11.3 Å². The van der Waals surface area contributed by atoms with Crippen LogP contribution < -0.4 is 5.73 Å². The van der Waals surface area contributed by atoms with Crippen LogP contribution >= 0.6 is 11.6 Å². The summed E-state index contributed by atoms with van der Waals surface area (Å²) < 4.78 is 7.92. The highest BCUT2D eigenvalue weighted by atomic mass is 35.5. The highest BCUT2D eigenvalue weighted by Gasteiger charge is 2.36. The lowest BCUT2D eigenvalue weighted by Crippen LogP contribution is -2.50. The van der Waals surface area contributed by atoms with Crippen molar-refractivity contribution < 1.29 is 4.74 Å². The van der Waals surface area contributed by atoms with E-state index in [1.165, 1.54) is 19.4 Å². The van der Waals surface area contributed by atoms with Gasteiger partial charge in [-0.25, -0.2) is 0 Å². The number of aryl methyl sites for hydroxylation is 1. The van der Waals surface area contributed by atoms with Gasteiger partial charge in [0.15, 0.2) is 0 Å². The van der Waals surface area contributed by atoms with Gasteiger partial charge in [0.05, 0.1) is 35.7 Å². The molecule has 1 aromatic heterocycles. The van der Waals surface area contributed by atoms with Gasteiger partial charge in [0.2, 0.25) is 0 Å². The second-order valence-electron chi connectivity index (χ2n) is 5.79. The number of aromatic nitrogens is 2. The second-order valence-corrected chi connectivity index (χ2v) is 6.20. The molecule has 0 bridgehead atoms. The molecule has 20 heavy (non-hydrogen) atoms. The normalized spacial score (nSPS) is 28.6. The Balaban J connectivity index is 1.75. The van der Waals surface area contributed by atoms with Gasteiger partial charge in [-0.15, -0.1) is 0 Å². The Morgan fingerprint density at radius 1 is 1.60 bits per heavy atom. The summed E-state index contributed by atoms with van der Waals surface area (Å²) in [6.45, 7) is 5.82. The number of ether oxygens (including phenoxy) is 1. The van der Waals surface area contributed by atoms with Gasteiger partial charge >= 0.3 is 0 Å². The monoisotopic (exact) mass is 298 g/mol. The van der Waals surface area contributed by atoms with Crippen LogP contribution in [0.2, 0.25) is 5.02 Å². The Bertz CT molecular complexity index is 464. The average molecular weight is 299 g/mol. The van der Waals surface area contributed by atoms with Crippen LogP contribution in [0, 0.1) is 0 Å². The molecule has 2 aliphatic rings. The average Bonchev–Trinajstić information content (AvgIpc) is 3.04. The quantitative estimate of drug-likeness (QED) is 0.921. The number of nitrogens with zero attached hydrogens (tertiary/aromatic N) is 3. The van der Waals surface area contributed by atoms with Crippen LogP contribution in [0.3, 0.4) is 0 Å². The number of hydrogen-bond acceptors (Lipinski definition) is 4. The zero-order chi connectivity index (χ0) is 14.1. The van der Waals surface area contributed by atoms with E-state index in [9.17, 15) is 0 Å². The summed E-state index contributed by atoms with van der Waals surface area (Å²) in [6.07, 6.45) is 5.22. The molecule has 2 N–H and O–H groups in total. The minimum Gasteiger partial charge on any atom is -0.373 e. The number of morpholine rings is 1. The number of rotatable bonds is 4. The zero-order valence-corrected chi connectivity index (χ0v) is 12.7. The molecule has 0 radical (unpaired) electrons. The van der Waals surface area contributed by atoms with Crippen LogP contribution in [0.25, 0.3) is 0 Å². The molecule has 2 saturated heterocycles. The smallest absolute Gasteiger partial charge is 0.0910 e. The summed E-state index contributed by atoms with van der Waals surface area (Å²) >= 11 is 6.27. The Morgan fingerprint density at radius 3 is 3.25 bits per heavy atom. The van der Waals surface area contributed by atoms with Crippen molar-refractivity contribution in [2.75, 3.05) is 19.7 Å². The topological polar surface area (TPSA) is 56.3 Å². The van der Waals surface area contributed by atoms with Gasteiger partial charge in [0.25, 0.3) is 0 Å². The molecule has 112 valence electrons. The molecule has 0 spiro atoms. The van der Waals surface area contributed by atoms with Crippen LogP contribution in [0.5, 0.6) is 0 Å². The van der Waals surface area contributed by atoms with E-state index in [1.807, 2.05) is 4.68 Å². The SMILES string of the molecule is CCCn1ncc(Cl)c1C(N)C1CN2CCCC2CO1. The van der Waals surface area contributed by atoms with Gasteiger partial charge in [0.1, 0.15) is 0 Å². The molecular weight excluding hydrogens is 276 g/mol. The highest BCUT2D eigenvalue weighted by Crippen LogP contribution is 2.30. The maximum absolute atomic E-state index is 6.43. The Morgan fingerprint density at radius 2 is 2.45 bits per heavy atom. The van der Waals surface area contributed by atoms with Crippen molar-refractivity contribution in [3.63, 3.8) is 0 Å². The molecule has 1 aromatic rings. The number of halogens is 1. The first kappa shape index (κ1) is 14.3. The van der Waals surface area contributed by atoms with Gasteiger partial charge in [0, 0.05) is 19.1 Å². The Kier molecular flexibility index (Phi) is 4.31. The molecule has 3 unspecified atom stereocenters. The lowest BCUT2D eigenvalue weighted by atomic mass is 10.0. The predicted molar refractivity (Wildman–Crippen MR) is 78.8 cm³/mol. The molecule has 6 heteroatoms. The highest BCUT2D eigenvalue weighted by molar-refractivity contribution is 6.31. The molecular formula is C14H23ClN4O. The Labute approximate surface area is 125 Å². The van der Waals surface area contributed by atoms with Crippen molar-refractivity contribution in [3.8, 4) is 0 Å². The number of hydrogen-bond donors (Lipinski definition) is 1. The molecule has 0 amide bonds. The number of fused-ring (bicyclic) bond motifs is 1. The summed E-state index contributed by atoms with van der Waals surface area (Å²) in [6, 6.07) is 0.382.